The van der Waals surface area contributed by atoms with Crippen molar-refractivity contribution in [3.8, 4) is 0 Å². The van der Waals surface area contributed by atoms with Crippen molar-refractivity contribution in [2.45, 2.75) is 26.2 Å². The van der Waals surface area contributed by atoms with E-state index in [4.69, 9.17) is 0 Å². The van der Waals surface area contributed by atoms with E-state index in [9.17, 15) is 4.79 Å². The predicted octanol–water partition coefficient (Wildman–Crippen LogP) is 2.36. The van der Waals surface area contributed by atoms with E-state index in [0.717, 1.165) is 5.69 Å². The van der Waals surface area contributed by atoms with Crippen molar-refractivity contribution in [2.24, 2.45) is 0 Å². The number of anilines is 1. The Labute approximate surface area is 97.2 Å². The number of hydrogen-bond acceptors (Lipinski definition) is 2. The Hall–Kier alpha value is -1.51. The summed E-state index contributed by atoms with van der Waals surface area (Å²) in [5.41, 5.74) is 2.42. The van der Waals surface area contributed by atoms with Crippen molar-refractivity contribution in [3.63, 3.8) is 0 Å². The summed E-state index contributed by atoms with van der Waals surface area (Å²) in [4.78, 5) is 11.1. The minimum absolute atomic E-state index is 0.0644. The number of benzene rings is 1. The largest absolute Gasteiger partial charge is 0.384 e. The van der Waals surface area contributed by atoms with Crippen LogP contribution >= 0.6 is 0 Å². The molecule has 88 valence electrons. The molecule has 1 amide bonds. The molecule has 0 fully saturated rings. The molecule has 0 heterocycles. The molecular weight excluding hydrogens is 200 g/mol. The quantitative estimate of drug-likeness (QED) is 0.799. The van der Waals surface area contributed by atoms with Gasteiger partial charge >= 0.3 is 0 Å². The highest BCUT2D eigenvalue weighted by atomic mass is 16.1. The highest BCUT2D eigenvalue weighted by molar-refractivity contribution is 5.76. The van der Waals surface area contributed by atoms with Crippen LogP contribution in [0.4, 0.5) is 5.69 Å². The second kappa shape index (κ2) is 6.16. The first-order chi connectivity index (χ1) is 7.65. The summed E-state index contributed by atoms with van der Waals surface area (Å²) < 4.78 is 0. The highest BCUT2D eigenvalue weighted by Gasteiger charge is 2.05. The second-order valence-corrected chi connectivity index (χ2v) is 4.09. The predicted molar refractivity (Wildman–Crippen MR) is 67.7 cm³/mol. The van der Waals surface area contributed by atoms with Crippen LogP contribution in [0, 0.1) is 0 Å². The lowest BCUT2D eigenvalue weighted by atomic mass is 10.0. The van der Waals surface area contributed by atoms with Gasteiger partial charge in [-0.25, -0.2) is 0 Å². The maximum atomic E-state index is 11.1. The third-order valence-electron chi connectivity index (χ3n) is 2.53. The first kappa shape index (κ1) is 12.6. The summed E-state index contributed by atoms with van der Waals surface area (Å²) >= 11 is 0. The van der Waals surface area contributed by atoms with E-state index in [2.05, 4.69) is 36.6 Å². The molecule has 0 atom stereocenters. The Morgan fingerprint density at radius 3 is 2.62 bits per heavy atom. The first-order valence-electron chi connectivity index (χ1n) is 5.68. The van der Waals surface area contributed by atoms with Crippen molar-refractivity contribution in [1.82, 2.24) is 5.32 Å². The minimum atomic E-state index is 0.0644. The van der Waals surface area contributed by atoms with Crippen LogP contribution in [0.15, 0.2) is 24.3 Å². The Kier molecular flexibility index (Phi) is 4.83. The van der Waals surface area contributed by atoms with Crippen LogP contribution in [0.1, 0.15) is 31.7 Å². The van der Waals surface area contributed by atoms with Gasteiger partial charge in [-0.1, -0.05) is 32.0 Å². The summed E-state index contributed by atoms with van der Waals surface area (Å²) in [5, 5.41) is 5.91. The molecule has 3 heteroatoms. The third-order valence-corrected chi connectivity index (χ3v) is 2.53. The molecule has 0 saturated carbocycles. The zero-order valence-corrected chi connectivity index (χ0v) is 10.2. The Bertz CT molecular complexity index is 348. The molecule has 16 heavy (non-hydrogen) atoms. The van der Waals surface area contributed by atoms with Crippen LogP contribution in [-0.2, 0) is 4.79 Å². The van der Waals surface area contributed by atoms with Gasteiger partial charge in [0.15, 0.2) is 0 Å². The lowest BCUT2D eigenvalue weighted by Gasteiger charge is -2.14. The summed E-state index contributed by atoms with van der Waals surface area (Å²) in [7, 11) is 1.66. The van der Waals surface area contributed by atoms with Crippen LogP contribution in [-0.4, -0.2) is 19.5 Å². The van der Waals surface area contributed by atoms with Gasteiger partial charge in [0, 0.05) is 25.7 Å². The zero-order valence-electron chi connectivity index (χ0n) is 10.2. The fourth-order valence-corrected chi connectivity index (χ4v) is 1.60. The number of rotatable bonds is 5. The molecule has 1 rings (SSSR count). The van der Waals surface area contributed by atoms with Gasteiger partial charge < -0.3 is 10.6 Å². The molecular formula is C13H20N2O. The van der Waals surface area contributed by atoms with Crippen molar-refractivity contribution >= 4 is 11.6 Å². The van der Waals surface area contributed by atoms with Gasteiger partial charge in [0.05, 0.1) is 0 Å². The zero-order chi connectivity index (χ0) is 12.0. The molecule has 1 aromatic rings. The smallest absolute Gasteiger partial charge is 0.221 e. The fourth-order valence-electron chi connectivity index (χ4n) is 1.60. The van der Waals surface area contributed by atoms with Gasteiger partial charge in [-0.3, -0.25) is 4.79 Å². The number of carbonyl (C=O) groups is 1. The number of para-hydroxylation sites is 1. The Morgan fingerprint density at radius 1 is 1.31 bits per heavy atom. The van der Waals surface area contributed by atoms with Crippen molar-refractivity contribution in [3.05, 3.63) is 29.8 Å². The van der Waals surface area contributed by atoms with Crippen LogP contribution in [0.2, 0.25) is 0 Å². The molecule has 0 aliphatic rings. The lowest BCUT2D eigenvalue weighted by Crippen LogP contribution is -2.21. The van der Waals surface area contributed by atoms with Crippen LogP contribution in [0.25, 0.3) is 0 Å². The van der Waals surface area contributed by atoms with E-state index in [1.165, 1.54) is 5.56 Å². The standard InChI is InChI=1S/C13H20N2O/c1-10(2)11-6-4-5-7-12(11)15-9-8-13(16)14-3/h4-7,10,15H,8-9H2,1-3H3,(H,14,16). The van der Waals surface area contributed by atoms with Crippen LogP contribution in [0.5, 0.6) is 0 Å². The van der Waals surface area contributed by atoms with Crippen molar-refractivity contribution in [2.75, 3.05) is 18.9 Å². The SMILES string of the molecule is CNC(=O)CCNc1ccccc1C(C)C. The molecule has 0 aromatic heterocycles. The highest BCUT2D eigenvalue weighted by Crippen LogP contribution is 2.23. The van der Waals surface area contributed by atoms with E-state index in [-0.39, 0.29) is 5.91 Å². The molecule has 1 aromatic carbocycles. The molecule has 0 aliphatic carbocycles. The van der Waals surface area contributed by atoms with E-state index in [1.54, 1.807) is 7.05 Å². The van der Waals surface area contributed by atoms with E-state index < -0.39 is 0 Å². The summed E-state index contributed by atoms with van der Waals surface area (Å²) in [6, 6.07) is 8.22. The summed E-state index contributed by atoms with van der Waals surface area (Å²) in [6.45, 7) is 5.00. The van der Waals surface area contributed by atoms with E-state index in [1.807, 2.05) is 12.1 Å². The van der Waals surface area contributed by atoms with Gasteiger partial charge in [0.2, 0.25) is 5.91 Å². The number of carbonyl (C=O) groups excluding carboxylic acids is 1. The molecule has 0 spiro atoms. The number of nitrogens with one attached hydrogen (secondary N) is 2. The van der Waals surface area contributed by atoms with Crippen molar-refractivity contribution < 1.29 is 4.79 Å². The maximum Gasteiger partial charge on any atom is 0.221 e. The van der Waals surface area contributed by atoms with Gasteiger partial charge in [-0.05, 0) is 17.5 Å². The number of amides is 1. The van der Waals surface area contributed by atoms with Gasteiger partial charge in [0.25, 0.3) is 0 Å². The monoisotopic (exact) mass is 220 g/mol. The molecule has 0 saturated heterocycles. The number of hydrogen-bond donors (Lipinski definition) is 2. The molecule has 2 N–H and O–H groups in total. The maximum absolute atomic E-state index is 11.1. The fraction of sp³-hybridized carbons (Fsp3) is 0.462. The van der Waals surface area contributed by atoms with E-state index in [0.29, 0.717) is 18.9 Å². The summed E-state index contributed by atoms with van der Waals surface area (Å²) in [5.74, 6) is 0.554. The first-order valence-corrected chi connectivity index (χ1v) is 5.68. The van der Waals surface area contributed by atoms with Crippen LogP contribution in [0.3, 0.4) is 0 Å². The summed E-state index contributed by atoms with van der Waals surface area (Å²) in [6.07, 6.45) is 0.503. The topological polar surface area (TPSA) is 41.1 Å². The Balaban J connectivity index is 2.56. The second-order valence-electron chi connectivity index (χ2n) is 4.09. The lowest BCUT2D eigenvalue weighted by molar-refractivity contribution is -0.120. The van der Waals surface area contributed by atoms with E-state index >= 15 is 0 Å². The minimum Gasteiger partial charge on any atom is -0.384 e. The Morgan fingerprint density at radius 2 is 2.00 bits per heavy atom. The average molecular weight is 220 g/mol. The molecule has 3 nitrogen and oxygen atoms in total. The van der Waals surface area contributed by atoms with Crippen molar-refractivity contribution in [1.29, 1.82) is 0 Å². The molecule has 0 unspecified atom stereocenters. The molecule has 0 aliphatic heterocycles. The normalized spacial score (nSPS) is 10.2. The van der Waals surface area contributed by atoms with Crippen LogP contribution < -0.4 is 10.6 Å². The average Bonchev–Trinajstić information content (AvgIpc) is 2.29. The van der Waals surface area contributed by atoms with Gasteiger partial charge in [-0.2, -0.15) is 0 Å². The van der Waals surface area contributed by atoms with Gasteiger partial charge in [0.1, 0.15) is 0 Å². The van der Waals surface area contributed by atoms with Gasteiger partial charge in [-0.15, -0.1) is 0 Å². The third kappa shape index (κ3) is 3.57. The molecule has 0 bridgehead atoms. The molecule has 0 radical (unpaired) electrons.